The largest absolute Gasteiger partial charge is 0.455 e. The molecule has 0 saturated carbocycles. The summed E-state index contributed by atoms with van der Waals surface area (Å²) in [5, 5.41) is 27.3. The average Bonchev–Trinajstić information content (AvgIpc) is 3.23. The summed E-state index contributed by atoms with van der Waals surface area (Å²) >= 11 is 0. The van der Waals surface area contributed by atoms with Crippen LogP contribution in [0.2, 0.25) is 0 Å². The van der Waals surface area contributed by atoms with Gasteiger partial charge in [0.15, 0.2) is 12.4 Å². The molecule has 0 aromatic heterocycles. The molecule has 39 heavy (non-hydrogen) atoms. The molecule has 2 heterocycles. The maximum absolute atomic E-state index is 11.1. The third kappa shape index (κ3) is 14.6. The number of aliphatic hydroxyl groups excluding tert-OH is 3. The van der Waals surface area contributed by atoms with Crippen molar-refractivity contribution in [3.63, 3.8) is 0 Å². The number of hydrogen-bond donors (Lipinski definition) is 3. The molecule has 0 spiro atoms. The van der Waals surface area contributed by atoms with Crippen molar-refractivity contribution in [1.82, 2.24) is 0 Å². The Morgan fingerprint density at radius 3 is 1.59 bits per heavy atom. The summed E-state index contributed by atoms with van der Waals surface area (Å²) in [6.45, 7) is 7.34. The van der Waals surface area contributed by atoms with Gasteiger partial charge >= 0.3 is 23.9 Å². The number of carbonyl (C=O) groups is 4. The second kappa shape index (κ2) is 19.1. The van der Waals surface area contributed by atoms with Crippen molar-refractivity contribution in [2.75, 3.05) is 26.4 Å². The predicted octanol–water partition coefficient (Wildman–Crippen LogP) is -1.34. The van der Waals surface area contributed by atoms with E-state index < -0.39 is 60.9 Å². The second-order valence-corrected chi connectivity index (χ2v) is 8.16. The third-order valence-corrected chi connectivity index (χ3v) is 4.83. The van der Waals surface area contributed by atoms with Gasteiger partial charge in [-0.2, -0.15) is 0 Å². The molecule has 14 heteroatoms. The van der Waals surface area contributed by atoms with Gasteiger partial charge in [-0.1, -0.05) is 18.8 Å². The number of terminal acetylenes is 2. The van der Waals surface area contributed by atoms with E-state index in [-0.39, 0.29) is 38.4 Å². The molecule has 3 N–H and O–H groups in total. The van der Waals surface area contributed by atoms with E-state index in [1.54, 1.807) is 0 Å². The minimum Gasteiger partial charge on any atom is -0.455 e. The van der Waals surface area contributed by atoms with Gasteiger partial charge in [0.05, 0.1) is 19.3 Å². The minimum absolute atomic E-state index is 0.0550. The van der Waals surface area contributed by atoms with Crippen LogP contribution >= 0.6 is 0 Å². The fourth-order valence-electron chi connectivity index (χ4n) is 3.17. The van der Waals surface area contributed by atoms with E-state index in [1.807, 2.05) is 6.92 Å². The molecule has 14 nitrogen and oxygen atoms in total. The maximum Gasteiger partial charge on any atom is 0.310 e. The fourth-order valence-corrected chi connectivity index (χ4v) is 3.17. The van der Waals surface area contributed by atoms with Gasteiger partial charge in [0.2, 0.25) is 6.29 Å². The van der Waals surface area contributed by atoms with Crippen LogP contribution in [0.1, 0.15) is 34.6 Å². The van der Waals surface area contributed by atoms with Gasteiger partial charge in [-0.25, -0.2) is 0 Å². The first-order valence-corrected chi connectivity index (χ1v) is 11.7. The van der Waals surface area contributed by atoms with Gasteiger partial charge in [-0.05, 0) is 0 Å². The van der Waals surface area contributed by atoms with Crippen molar-refractivity contribution in [2.45, 2.75) is 77.7 Å². The van der Waals surface area contributed by atoms with Crippen molar-refractivity contribution in [3.8, 4) is 24.7 Å². The van der Waals surface area contributed by atoms with Crippen LogP contribution in [-0.2, 0) is 52.3 Å². The highest BCUT2D eigenvalue weighted by atomic mass is 16.7. The van der Waals surface area contributed by atoms with E-state index in [0.717, 1.165) is 0 Å². The molecule has 0 aliphatic carbocycles. The Morgan fingerprint density at radius 2 is 1.23 bits per heavy atom. The molecule has 3 unspecified atom stereocenters. The van der Waals surface area contributed by atoms with Gasteiger partial charge in [0.25, 0.3) is 0 Å². The number of hydrogen-bond acceptors (Lipinski definition) is 14. The molecule has 0 aromatic rings. The molecular weight excluding hydrogens is 524 g/mol. The molecule has 220 valence electrons. The molecular formula is C25H36O14. The van der Waals surface area contributed by atoms with Gasteiger partial charge in [0.1, 0.15) is 31.5 Å². The van der Waals surface area contributed by atoms with Crippen molar-refractivity contribution in [1.29, 1.82) is 0 Å². The maximum atomic E-state index is 11.1. The predicted molar refractivity (Wildman–Crippen MR) is 130 cm³/mol. The zero-order chi connectivity index (χ0) is 30.1. The lowest BCUT2D eigenvalue weighted by atomic mass is 10.0. The van der Waals surface area contributed by atoms with Crippen molar-refractivity contribution in [3.05, 3.63) is 0 Å². The van der Waals surface area contributed by atoms with Crippen molar-refractivity contribution >= 4 is 23.9 Å². The highest BCUT2D eigenvalue weighted by Gasteiger charge is 2.46. The second-order valence-electron chi connectivity index (χ2n) is 8.16. The van der Waals surface area contributed by atoms with Crippen LogP contribution in [0, 0.1) is 30.6 Å². The molecule has 2 saturated heterocycles. The number of rotatable bonds is 8. The minimum atomic E-state index is -1.35. The van der Waals surface area contributed by atoms with Crippen LogP contribution in [0.4, 0.5) is 0 Å². The molecule has 0 bridgehead atoms. The molecule has 0 amide bonds. The summed E-state index contributed by atoms with van der Waals surface area (Å²) in [7, 11) is 0. The summed E-state index contributed by atoms with van der Waals surface area (Å²) < 4.78 is 34.5. The summed E-state index contributed by atoms with van der Waals surface area (Å²) in [6, 6.07) is 0. The van der Waals surface area contributed by atoms with E-state index in [0.29, 0.717) is 0 Å². The monoisotopic (exact) mass is 560 g/mol. The van der Waals surface area contributed by atoms with E-state index in [4.69, 9.17) is 51.5 Å². The van der Waals surface area contributed by atoms with E-state index in [1.165, 1.54) is 27.7 Å². The lowest BCUT2D eigenvalue weighted by Gasteiger charge is -2.20. The Morgan fingerprint density at radius 1 is 0.744 bits per heavy atom. The van der Waals surface area contributed by atoms with Crippen LogP contribution in [0.15, 0.2) is 0 Å². The summed E-state index contributed by atoms with van der Waals surface area (Å²) in [5.74, 6) is 2.35. The number of carbonyl (C=O) groups excluding carboxylic acids is 4. The molecule has 2 fully saturated rings. The first-order chi connectivity index (χ1) is 18.2. The summed E-state index contributed by atoms with van der Waals surface area (Å²) in [5.41, 5.74) is 0. The van der Waals surface area contributed by atoms with Crippen molar-refractivity contribution in [2.24, 2.45) is 5.92 Å². The Labute approximate surface area is 226 Å². The molecule has 2 rings (SSSR count). The molecule has 2 aliphatic heterocycles. The van der Waals surface area contributed by atoms with E-state index in [2.05, 4.69) is 16.6 Å². The summed E-state index contributed by atoms with van der Waals surface area (Å²) in [6.07, 6.45) is 3.63. The zero-order valence-corrected chi connectivity index (χ0v) is 22.4. The topological polar surface area (TPSA) is 194 Å². The van der Waals surface area contributed by atoms with Gasteiger partial charge in [-0.15, -0.1) is 12.8 Å². The first-order valence-electron chi connectivity index (χ1n) is 11.7. The SMILES string of the molecule is C#CCOCC1O[C@@H](O)[C@H](O)[C@@H]1O.C#CCOCC1O[C@@H](OC(C)=O)C(OC(C)=O)[C@@H]1C.CC(=O)OC(C)=O. The Hall–Kier alpha value is -3.08. The Kier molecular flexibility index (Phi) is 17.5. The molecule has 8 atom stereocenters. The van der Waals surface area contributed by atoms with Crippen LogP contribution in [-0.4, -0.2) is 109 Å². The molecule has 0 radical (unpaired) electrons. The number of esters is 4. The van der Waals surface area contributed by atoms with Crippen LogP contribution in [0.5, 0.6) is 0 Å². The smallest absolute Gasteiger partial charge is 0.310 e. The lowest BCUT2D eigenvalue weighted by molar-refractivity contribution is -0.196. The highest BCUT2D eigenvalue weighted by molar-refractivity contribution is 5.82. The average molecular weight is 561 g/mol. The number of aliphatic hydroxyl groups is 3. The highest BCUT2D eigenvalue weighted by Crippen LogP contribution is 2.30. The fraction of sp³-hybridized carbons (Fsp3) is 0.680. The van der Waals surface area contributed by atoms with E-state index in [9.17, 15) is 24.3 Å². The van der Waals surface area contributed by atoms with Gasteiger partial charge in [-0.3, -0.25) is 19.2 Å². The van der Waals surface area contributed by atoms with Crippen LogP contribution in [0.25, 0.3) is 0 Å². The standard InChI is InChI=1S/C13H18O6.C8H12O5.C4H6O3/c1-5-6-16-7-11-8(2)12(17-9(3)14)13(19-11)18-10(4)15;1-2-3-12-4-5-6(9)7(10)8(11)13-5;1-3(5)7-4(2)6/h1,8,11-13H,6-7H2,2-4H3;1,5-11H,3-4H2;1-2H3/t8-,11?,12?,13-;5?,6-,7-,8-;/m11./s1. The lowest BCUT2D eigenvalue weighted by Crippen LogP contribution is -2.34. The van der Waals surface area contributed by atoms with Crippen LogP contribution < -0.4 is 0 Å². The van der Waals surface area contributed by atoms with Gasteiger partial charge in [0, 0.05) is 33.6 Å². The normalized spacial score (nSPS) is 28.8. The number of ether oxygens (including phenoxy) is 7. The first kappa shape index (κ1) is 35.9. The Balaban J connectivity index is 0.000000622. The molecule has 2 aliphatic rings. The molecule has 0 aromatic carbocycles. The summed E-state index contributed by atoms with van der Waals surface area (Å²) in [4.78, 5) is 41.7. The Bertz CT molecular complexity index is 863. The van der Waals surface area contributed by atoms with Gasteiger partial charge < -0.3 is 48.5 Å². The quantitative estimate of drug-likeness (QED) is 0.104. The van der Waals surface area contributed by atoms with Crippen molar-refractivity contribution < 1.29 is 67.7 Å². The third-order valence-electron chi connectivity index (χ3n) is 4.83. The van der Waals surface area contributed by atoms with E-state index >= 15 is 0 Å². The zero-order valence-electron chi connectivity index (χ0n) is 22.4. The van der Waals surface area contributed by atoms with Crippen LogP contribution in [0.3, 0.4) is 0 Å².